The van der Waals surface area contributed by atoms with Crippen molar-refractivity contribution >= 4 is 9.84 Å². The summed E-state index contributed by atoms with van der Waals surface area (Å²) in [4.78, 5) is 2.08. The standard InChI is InChI=1S/C11H26N2O2S/c1-6-12-11(10(2)3)9-13(4)7-8-16(5,14)15/h10-12H,6-9H2,1-5H3. The van der Waals surface area contributed by atoms with Gasteiger partial charge in [0.1, 0.15) is 9.84 Å². The molecule has 0 amide bonds. The molecule has 0 aliphatic heterocycles. The fraction of sp³-hybridized carbons (Fsp3) is 1.00. The molecular weight excluding hydrogens is 224 g/mol. The molecule has 0 aliphatic rings. The van der Waals surface area contributed by atoms with Crippen molar-refractivity contribution in [1.82, 2.24) is 10.2 Å². The quantitative estimate of drug-likeness (QED) is 0.685. The highest BCUT2D eigenvalue weighted by molar-refractivity contribution is 7.90. The molecule has 4 nitrogen and oxygen atoms in total. The van der Waals surface area contributed by atoms with Crippen molar-refractivity contribution < 1.29 is 8.42 Å². The lowest BCUT2D eigenvalue weighted by molar-refractivity contribution is 0.266. The normalized spacial score (nSPS) is 14.7. The minimum absolute atomic E-state index is 0.237. The van der Waals surface area contributed by atoms with Crippen LogP contribution in [0.4, 0.5) is 0 Å². The molecule has 1 atom stereocenters. The van der Waals surface area contributed by atoms with Gasteiger partial charge in [0, 0.05) is 25.4 Å². The van der Waals surface area contributed by atoms with Crippen LogP contribution in [0.15, 0.2) is 0 Å². The lowest BCUT2D eigenvalue weighted by Crippen LogP contribution is -2.44. The monoisotopic (exact) mass is 250 g/mol. The van der Waals surface area contributed by atoms with Crippen LogP contribution in [0.1, 0.15) is 20.8 Å². The minimum Gasteiger partial charge on any atom is -0.313 e. The third-order valence-electron chi connectivity index (χ3n) is 2.62. The predicted octanol–water partition coefficient (Wildman–Crippen LogP) is 0.597. The first-order valence-corrected chi connectivity index (χ1v) is 7.92. The molecule has 5 heteroatoms. The van der Waals surface area contributed by atoms with Gasteiger partial charge in [0.15, 0.2) is 0 Å². The van der Waals surface area contributed by atoms with E-state index in [4.69, 9.17) is 0 Å². The molecule has 0 spiro atoms. The lowest BCUT2D eigenvalue weighted by atomic mass is 10.0. The summed E-state index contributed by atoms with van der Waals surface area (Å²) in [5, 5.41) is 3.42. The van der Waals surface area contributed by atoms with E-state index in [9.17, 15) is 8.42 Å². The Hall–Kier alpha value is -0.130. The van der Waals surface area contributed by atoms with Gasteiger partial charge in [-0.1, -0.05) is 20.8 Å². The Morgan fingerprint density at radius 1 is 1.31 bits per heavy atom. The number of nitrogens with zero attached hydrogens (tertiary/aromatic N) is 1. The highest BCUT2D eigenvalue weighted by Crippen LogP contribution is 2.03. The van der Waals surface area contributed by atoms with Crippen molar-refractivity contribution in [3.63, 3.8) is 0 Å². The van der Waals surface area contributed by atoms with E-state index in [1.165, 1.54) is 6.26 Å². The number of rotatable bonds is 8. The van der Waals surface area contributed by atoms with Crippen molar-refractivity contribution in [2.24, 2.45) is 5.92 Å². The van der Waals surface area contributed by atoms with Gasteiger partial charge < -0.3 is 10.2 Å². The summed E-state index contributed by atoms with van der Waals surface area (Å²) in [6.45, 7) is 8.89. The molecule has 0 fully saturated rings. The minimum atomic E-state index is -2.85. The lowest BCUT2D eigenvalue weighted by Gasteiger charge is -2.27. The van der Waals surface area contributed by atoms with Gasteiger partial charge in [0.25, 0.3) is 0 Å². The van der Waals surface area contributed by atoms with Gasteiger partial charge in [-0.15, -0.1) is 0 Å². The van der Waals surface area contributed by atoms with Crippen molar-refractivity contribution in [3.8, 4) is 0 Å². The second-order valence-electron chi connectivity index (χ2n) is 4.80. The van der Waals surface area contributed by atoms with Crippen LogP contribution in [0.5, 0.6) is 0 Å². The third-order valence-corrected chi connectivity index (χ3v) is 3.55. The van der Waals surface area contributed by atoms with E-state index >= 15 is 0 Å². The summed E-state index contributed by atoms with van der Waals surface area (Å²) in [5.74, 6) is 0.793. The second-order valence-corrected chi connectivity index (χ2v) is 7.06. The van der Waals surface area contributed by atoms with Crippen molar-refractivity contribution in [1.29, 1.82) is 0 Å². The molecule has 1 N–H and O–H groups in total. The van der Waals surface area contributed by atoms with E-state index in [0.29, 0.717) is 18.5 Å². The first-order valence-electron chi connectivity index (χ1n) is 5.86. The molecule has 16 heavy (non-hydrogen) atoms. The van der Waals surface area contributed by atoms with E-state index in [-0.39, 0.29) is 5.75 Å². The van der Waals surface area contributed by atoms with E-state index in [1.807, 2.05) is 7.05 Å². The van der Waals surface area contributed by atoms with Gasteiger partial charge in [0.05, 0.1) is 5.75 Å². The second kappa shape index (κ2) is 7.25. The maximum atomic E-state index is 11.0. The van der Waals surface area contributed by atoms with Crippen LogP contribution >= 0.6 is 0 Å². The van der Waals surface area contributed by atoms with E-state index < -0.39 is 9.84 Å². The number of likely N-dealkylation sites (N-methyl/N-ethyl adjacent to an activating group) is 2. The summed E-state index contributed by atoms with van der Waals surface area (Å²) in [5.41, 5.74) is 0. The van der Waals surface area contributed by atoms with Gasteiger partial charge in [-0.3, -0.25) is 0 Å². The summed E-state index contributed by atoms with van der Waals surface area (Å²) in [6, 6.07) is 0.426. The molecule has 0 aliphatic carbocycles. The number of nitrogens with one attached hydrogen (secondary N) is 1. The van der Waals surface area contributed by atoms with Gasteiger partial charge in [0.2, 0.25) is 0 Å². The smallest absolute Gasteiger partial charge is 0.148 e. The van der Waals surface area contributed by atoms with E-state index in [1.54, 1.807) is 0 Å². The third kappa shape index (κ3) is 8.07. The Bertz CT molecular complexity index is 276. The Balaban J connectivity index is 4.04. The average molecular weight is 250 g/mol. The topological polar surface area (TPSA) is 49.4 Å². The van der Waals surface area contributed by atoms with Crippen LogP contribution in [0.25, 0.3) is 0 Å². The van der Waals surface area contributed by atoms with E-state index in [2.05, 4.69) is 31.0 Å². The molecule has 0 bridgehead atoms. The average Bonchev–Trinajstić information content (AvgIpc) is 2.13. The summed E-state index contributed by atoms with van der Waals surface area (Å²) in [7, 11) is -0.879. The van der Waals surface area contributed by atoms with Crippen molar-refractivity contribution in [2.45, 2.75) is 26.8 Å². The molecule has 1 unspecified atom stereocenters. The zero-order valence-electron chi connectivity index (χ0n) is 11.2. The van der Waals surface area contributed by atoms with Gasteiger partial charge >= 0.3 is 0 Å². The molecular formula is C11H26N2O2S. The maximum Gasteiger partial charge on any atom is 0.148 e. The summed E-state index contributed by atoms with van der Waals surface area (Å²) >= 11 is 0. The largest absolute Gasteiger partial charge is 0.313 e. The Labute approximate surface area is 100 Å². The molecule has 0 radical (unpaired) electrons. The molecule has 0 aromatic carbocycles. The number of hydrogen-bond acceptors (Lipinski definition) is 4. The molecule has 98 valence electrons. The highest BCUT2D eigenvalue weighted by atomic mass is 32.2. The van der Waals surface area contributed by atoms with Crippen LogP contribution in [-0.2, 0) is 9.84 Å². The van der Waals surface area contributed by atoms with E-state index in [0.717, 1.165) is 13.1 Å². The summed E-state index contributed by atoms with van der Waals surface area (Å²) < 4.78 is 22.1. The predicted molar refractivity (Wildman–Crippen MR) is 69.5 cm³/mol. The zero-order chi connectivity index (χ0) is 12.8. The first-order chi connectivity index (χ1) is 7.26. The molecule has 0 heterocycles. The molecule has 0 aromatic rings. The molecule has 0 rings (SSSR count). The molecule has 0 saturated heterocycles. The maximum absolute atomic E-state index is 11.0. The van der Waals surface area contributed by atoms with Crippen LogP contribution in [0.2, 0.25) is 0 Å². The Morgan fingerprint density at radius 3 is 2.25 bits per heavy atom. The fourth-order valence-electron chi connectivity index (χ4n) is 1.52. The summed E-state index contributed by atoms with van der Waals surface area (Å²) in [6.07, 6.45) is 1.28. The zero-order valence-corrected chi connectivity index (χ0v) is 12.0. The van der Waals surface area contributed by atoms with Crippen LogP contribution < -0.4 is 5.32 Å². The number of sulfone groups is 1. The fourth-order valence-corrected chi connectivity index (χ4v) is 2.17. The Morgan fingerprint density at radius 2 is 1.88 bits per heavy atom. The van der Waals surface area contributed by atoms with Crippen molar-refractivity contribution in [2.75, 3.05) is 38.7 Å². The van der Waals surface area contributed by atoms with Gasteiger partial charge in [-0.2, -0.15) is 0 Å². The molecule has 0 saturated carbocycles. The Kier molecular flexibility index (Phi) is 7.19. The van der Waals surface area contributed by atoms with Gasteiger partial charge in [-0.05, 0) is 19.5 Å². The number of hydrogen-bond donors (Lipinski definition) is 1. The van der Waals surface area contributed by atoms with Crippen LogP contribution in [0, 0.1) is 5.92 Å². The first kappa shape index (κ1) is 15.9. The highest BCUT2D eigenvalue weighted by Gasteiger charge is 2.15. The van der Waals surface area contributed by atoms with Crippen molar-refractivity contribution in [3.05, 3.63) is 0 Å². The molecule has 0 aromatic heterocycles. The van der Waals surface area contributed by atoms with Crippen LogP contribution in [0.3, 0.4) is 0 Å². The van der Waals surface area contributed by atoms with Gasteiger partial charge in [-0.25, -0.2) is 8.42 Å². The van der Waals surface area contributed by atoms with Crippen LogP contribution in [-0.4, -0.2) is 58.1 Å². The SMILES string of the molecule is CCNC(CN(C)CCS(C)(=O)=O)C(C)C.